The molecule has 0 heterocycles. The van der Waals surface area contributed by atoms with Gasteiger partial charge in [0, 0.05) is 18.1 Å². The molecule has 0 aliphatic heterocycles. The second-order valence-electron chi connectivity index (χ2n) is 4.86. The molecule has 2 rings (SSSR count). The van der Waals surface area contributed by atoms with Crippen LogP contribution in [-0.2, 0) is 0 Å². The molecule has 76 valence electrons. The number of hydrogen-bond acceptors (Lipinski definition) is 2. The van der Waals surface area contributed by atoms with Gasteiger partial charge in [-0.05, 0) is 39.8 Å². The molecule has 0 aromatic rings. The zero-order valence-electron chi connectivity index (χ0n) is 8.92. The van der Waals surface area contributed by atoms with Gasteiger partial charge in [0.2, 0.25) is 0 Å². The molecule has 0 aromatic carbocycles. The van der Waals surface area contributed by atoms with Crippen LogP contribution in [0.4, 0.5) is 0 Å². The number of nitrogens with zero attached hydrogens (tertiary/aromatic N) is 1. The quantitative estimate of drug-likeness (QED) is 0.713. The van der Waals surface area contributed by atoms with Crippen LogP contribution in [0, 0.1) is 0 Å². The first-order valence-corrected chi connectivity index (χ1v) is 5.70. The van der Waals surface area contributed by atoms with Gasteiger partial charge in [0.1, 0.15) is 0 Å². The lowest BCUT2D eigenvalue weighted by Gasteiger charge is -2.36. The molecular formula is C11H22N2. The van der Waals surface area contributed by atoms with Crippen LogP contribution < -0.4 is 5.32 Å². The average Bonchev–Trinajstić information content (AvgIpc) is 2.89. The summed E-state index contributed by atoms with van der Waals surface area (Å²) in [5, 5.41) is 3.78. The molecule has 0 saturated heterocycles. The molecule has 0 radical (unpaired) electrons. The van der Waals surface area contributed by atoms with Gasteiger partial charge in [0.15, 0.2) is 0 Å². The summed E-state index contributed by atoms with van der Waals surface area (Å²) in [6, 6.07) is 2.43. The van der Waals surface area contributed by atoms with Gasteiger partial charge in [-0.15, -0.1) is 0 Å². The van der Waals surface area contributed by atoms with Gasteiger partial charge in [-0.25, -0.2) is 0 Å². The maximum atomic E-state index is 3.78. The summed E-state index contributed by atoms with van der Waals surface area (Å²) >= 11 is 0. The third-order valence-electron chi connectivity index (χ3n) is 3.42. The standard InChI is InChI=1S/C11H22N2/c1-13(2)11-6-4-3-5-10(11)12-9-7-8-9/h9-12H,3-8H2,1-2H3/t10-,11-/m1/s1. The SMILES string of the molecule is CN(C)[C@@H]1CCCC[C@H]1NC1CC1. The van der Waals surface area contributed by atoms with E-state index in [1.165, 1.54) is 38.5 Å². The van der Waals surface area contributed by atoms with Crippen LogP contribution in [0.25, 0.3) is 0 Å². The lowest BCUT2D eigenvalue weighted by atomic mass is 9.89. The van der Waals surface area contributed by atoms with Crippen molar-refractivity contribution in [3.8, 4) is 0 Å². The smallest absolute Gasteiger partial charge is 0.0243 e. The molecule has 2 aliphatic carbocycles. The van der Waals surface area contributed by atoms with Crippen molar-refractivity contribution in [2.45, 2.75) is 56.7 Å². The fraction of sp³-hybridized carbons (Fsp3) is 1.00. The van der Waals surface area contributed by atoms with Crippen molar-refractivity contribution in [1.82, 2.24) is 10.2 Å². The summed E-state index contributed by atoms with van der Waals surface area (Å²) in [6.45, 7) is 0. The van der Waals surface area contributed by atoms with E-state index in [9.17, 15) is 0 Å². The Balaban J connectivity index is 1.87. The molecule has 2 fully saturated rings. The van der Waals surface area contributed by atoms with E-state index in [4.69, 9.17) is 0 Å². The molecule has 0 aromatic heterocycles. The maximum absolute atomic E-state index is 3.78. The minimum Gasteiger partial charge on any atom is -0.310 e. The van der Waals surface area contributed by atoms with E-state index in [0.717, 1.165) is 18.1 Å². The Morgan fingerprint density at radius 2 is 1.69 bits per heavy atom. The van der Waals surface area contributed by atoms with E-state index in [1.807, 2.05) is 0 Å². The van der Waals surface area contributed by atoms with Gasteiger partial charge in [0.05, 0.1) is 0 Å². The molecule has 2 aliphatic rings. The van der Waals surface area contributed by atoms with E-state index in [2.05, 4.69) is 24.3 Å². The molecule has 13 heavy (non-hydrogen) atoms. The zero-order chi connectivity index (χ0) is 9.26. The van der Waals surface area contributed by atoms with E-state index in [0.29, 0.717) is 0 Å². The second-order valence-corrected chi connectivity index (χ2v) is 4.86. The molecule has 2 nitrogen and oxygen atoms in total. The highest BCUT2D eigenvalue weighted by molar-refractivity contribution is 4.92. The lowest BCUT2D eigenvalue weighted by Crippen LogP contribution is -2.49. The van der Waals surface area contributed by atoms with Gasteiger partial charge >= 0.3 is 0 Å². The number of rotatable bonds is 3. The van der Waals surface area contributed by atoms with Crippen LogP contribution in [-0.4, -0.2) is 37.1 Å². The van der Waals surface area contributed by atoms with Crippen LogP contribution in [0.3, 0.4) is 0 Å². The van der Waals surface area contributed by atoms with Gasteiger partial charge in [-0.2, -0.15) is 0 Å². The molecule has 2 heteroatoms. The van der Waals surface area contributed by atoms with Gasteiger partial charge in [0.25, 0.3) is 0 Å². The third kappa shape index (κ3) is 2.44. The van der Waals surface area contributed by atoms with E-state index in [-0.39, 0.29) is 0 Å². The third-order valence-corrected chi connectivity index (χ3v) is 3.42. The van der Waals surface area contributed by atoms with Crippen molar-refractivity contribution in [3.05, 3.63) is 0 Å². The summed E-state index contributed by atoms with van der Waals surface area (Å²) < 4.78 is 0. The van der Waals surface area contributed by atoms with Crippen molar-refractivity contribution < 1.29 is 0 Å². The van der Waals surface area contributed by atoms with Crippen LogP contribution in [0.5, 0.6) is 0 Å². The molecule has 1 N–H and O–H groups in total. The van der Waals surface area contributed by atoms with E-state index in [1.54, 1.807) is 0 Å². The summed E-state index contributed by atoms with van der Waals surface area (Å²) in [4.78, 5) is 2.40. The van der Waals surface area contributed by atoms with Crippen molar-refractivity contribution in [2.24, 2.45) is 0 Å². The Kier molecular flexibility index (Phi) is 2.89. The average molecular weight is 182 g/mol. The topological polar surface area (TPSA) is 15.3 Å². The molecule has 0 amide bonds. The first kappa shape index (κ1) is 9.47. The highest BCUT2D eigenvalue weighted by Gasteiger charge is 2.31. The van der Waals surface area contributed by atoms with Gasteiger partial charge in [-0.3, -0.25) is 0 Å². The van der Waals surface area contributed by atoms with Crippen molar-refractivity contribution in [2.75, 3.05) is 14.1 Å². The zero-order valence-corrected chi connectivity index (χ0v) is 8.92. The van der Waals surface area contributed by atoms with Crippen LogP contribution in [0.15, 0.2) is 0 Å². The predicted octanol–water partition coefficient (Wildman–Crippen LogP) is 1.61. The Morgan fingerprint density at radius 3 is 2.31 bits per heavy atom. The van der Waals surface area contributed by atoms with Crippen molar-refractivity contribution in [1.29, 1.82) is 0 Å². The summed E-state index contributed by atoms with van der Waals surface area (Å²) in [7, 11) is 4.44. The number of likely N-dealkylation sites (N-methyl/N-ethyl adjacent to an activating group) is 1. The molecule has 2 atom stereocenters. The van der Waals surface area contributed by atoms with Gasteiger partial charge in [-0.1, -0.05) is 12.8 Å². The minimum atomic E-state index is 0.774. The molecule has 0 spiro atoms. The van der Waals surface area contributed by atoms with Crippen molar-refractivity contribution >= 4 is 0 Å². The maximum Gasteiger partial charge on any atom is 0.0243 e. The second kappa shape index (κ2) is 3.97. The normalized spacial score (nSPS) is 35.3. The van der Waals surface area contributed by atoms with E-state index < -0.39 is 0 Å². The van der Waals surface area contributed by atoms with Crippen LogP contribution in [0.2, 0.25) is 0 Å². The molecule has 2 saturated carbocycles. The Morgan fingerprint density at radius 1 is 1.00 bits per heavy atom. The monoisotopic (exact) mass is 182 g/mol. The Bertz CT molecular complexity index is 163. The lowest BCUT2D eigenvalue weighted by molar-refractivity contribution is 0.176. The first-order valence-electron chi connectivity index (χ1n) is 5.70. The first-order chi connectivity index (χ1) is 6.27. The van der Waals surface area contributed by atoms with E-state index >= 15 is 0 Å². The predicted molar refractivity (Wildman–Crippen MR) is 55.9 cm³/mol. The summed E-state index contributed by atoms with van der Waals surface area (Å²) in [5.41, 5.74) is 0. The summed E-state index contributed by atoms with van der Waals surface area (Å²) in [5.74, 6) is 0. The summed E-state index contributed by atoms with van der Waals surface area (Å²) in [6.07, 6.45) is 8.45. The Hall–Kier alpha value is -0.0800. The molecule has 0 bridgehead atoms. The minimum absolute atomic E-state index is 0.774. The molecule has 0 unspecified atom stereocenters. The fourth-order valence-electron chi connectivity index (χ4n) is 2.48. The van der Waals surface area contributed by atoms with Crippen molar-refractivity contribution in [3.63, 3.8) is 0 Å². The van der Waals surface area contributed by atoms with Crippen LogP contribution >= 0.6 is 0 Å². The highest BCUT2D eigenvalue weighted by atomic mass is 15.2. The fourth-order valence-corrected chi connectivity index (χ4v) is 2.48. The largest absolute Gasteiger partial charge is 0.310 e. The number of hydrogen-bond donors (Lipinski definition) is 1. The number of nitrogens with one attached hydrogen (secondary N) is 1. The Labute approximate surface area is 81.7 Å². The van der Waals surface area contributed by atoms with Crippen LogP contribution in [0.1, 0.15) is 38.5 Å². The molecular weight excluding hydrogens is 160 g/mol. The highest BCUT2D eigenvalue weighted by Crippen LogP contribution is 2.26. The van der Waals surface area contributed by atoms with Gasteiger partial charge < -0.3 is 10.2 Å².